The monoisotopic (exact) mass is 212 g/mol. The van der Waals surface area contributed by atoms with Crippen molar-refractivity contribution in [1.82, 2.24) is 0 Å². The molecule has 0 radical (unpaired) electrons. The number of benzene rings is 2. The molecule has 0 bridgehead atoms. The Morgan fingerprint density at radius 3 is 2.33 bits per heavy atom. The average Bonchev–Trinajstić information content (AvgIpc) is 2.74. The zero-order valence-corrected chi connectivity index (χ0v) is 8.92. The molecule has 0 saturated carbocycles. The van der Waals surface area contributed by atoms with Crippen molar-refractivity contribution in [2.24, 2.45) is 0 Å². The molecule has 0 saturated heterocycles. The van der Waals surface area contributed by atoms with Crippen molar-refractivity contribution in [1.29, 1.82) is 0 Å². The van der Waals surface area contributed by atoms with Gasteiger partial charge in [0.15, 0.2) is 0 Å². The molecule has 3 rings (SSSR count). The lowest BCUT2D eigenvalue weighted by atomic mass is 10.2. The highest BCUT2D eigenvalue weighted by Gasteiger charge is 2.11. The molecule has 1 aromatic heterocycles. The van der Waals surface area contributed by atoms with E-state index in [0.29, 0.717) is 0 Å². The lowest BCUT2D eigenvalue weighted by molar-refractivity contribution is -0.325. The van der Waals surface area contributed by atoms with Gasteiger partial charge >= 0.3 is 0 Å². The largest absolute Gasteiger partial charge is 0.268 e. The summed E-state index contributed by atoms with van der Waals surface area (Å²) in [6.45, 7) is 0. The molecule has 72 valence electrons. The van der Waals surface area contributed by atoms with Gasteiger partial charge in [0.05, 0.1) is 5.56 Å². The van der Waals surface area contributed by atoms with Gasteiger partial charge in [-0.05, 0) is 18.2 Å². The minimum atomic E-state index is 1.21. The first-order chi connectivity index (χ1) is 7.43. The summed E-state index contributed by atoms with van der Waals surface area (Å²) < 4.78 is 1.30. The molecular formula is C13H10NS+. The van der Waals surface area contributed by atoms with Gasteiger partial charge in [-0.2, -0.15) is 4.98 Å². The van der Waals surface area contributed by atoms with Crippen molar-refractivity contribution in [2.75, 3.05) is 0 Å². The third-order valence-electron chi connectivity index (χ3n) is 2.38. The summed E-state index contributed by atoms with van der Waals surface area (Å²) in [6.07, 6.45) is 0. The maximum atomic E-state index is 3.43. The third-order valence-corrected chi connectivity index (χ3v) is 3.50. The summed E-state index contributed by atoms with van der Waals surface area (Å²) in [5.41, 5.74) is 2.46. The number of hydrogen-bond acceptors (Lipinski definition) is 1. The molecule has 0 fully saturated rings. The first-order valence-corrected chi connectivity index (χ1v) is 5.71. The van der Waals surface area contributed by atoms with Crippen LogP contribution < -0.4 is 4.98 Å². The minimum absolute atomic E-state index is 1.21. The van der Waals surface area contributed by atoms with E-state index in [2.05, 4.69) is 53.5 Å². The van der Waals surface area contributed by atoms with Crippen LogP contribution in [0.4, 0.5) is 0 Å². The van der Waals surface area contributed by atoms with Gasteiger partial charge in [0.1, 0.15) is 4.70 Å². The topological polar surface area (TPSA) is 14.1 Å². The molecule has 2 heteroatoms. The van der Waals surface area contributed by atoms with Crippen LogP contribution >= 0.6 is 11.3 Å². The Kier molecular flexibility index (Phi) is 2.00. The molecule has 0 amide bonds. The Bertz CT molecular complexity index is 551. The van der Waals surface area contributed by atoms with Crippen molar-refractivity contribution in [3.63, 3.8) is 0 Å². The van der Waals surface area contributed by atoms with Gasteiger partial charge in [-0.1, -0.05) is 41.7 Å². The van der Waals surface area contributed by atoms with Crippen LogP contribution in [-0.4, -0.2) is 0 Å². The van der Waals surface area contributed by atoms with Crippen molar-refractivity contribution in [3.05, 3.63) is 54.6 Å². The molecule has 0 unspecified atom stereocenters. The van der Waals surface area contributed by atoms with Crippen molar-refractivity contribution < 1.29 is 4.98 Å². The summed E-state index contributed by atoms with van der Waals surface area (Å²) in [5.74, 6) is 0. The summed E-state index contributed by atoms with van der Waals surface area (Å²) in [5, 5.41) is 1.22. The molecular weight excluding hydrogens is 202 g/mol. The lowest BCUT2D eigenvalue weighted by Crippen LogP contribution is -2.00. The molecule has 0 spiro atoms. The number of aromatic nitrogens is 1. The van der Waals surface area contributed by atoms with Gasteiger partial charge < -0.3 is 0 Å². The maximum absolute atomic E-state index is 3.43. The van der Waals surface area contributed by atoms with Crippen LogP contribution in [0.15, 0.2) is 54.6 Å². The number of para-hydroxylation sites is 1. The summed E-state index contributed by atoms with van der Waals surface area (Å²) in [7, 11) is 0. The molecule has 0 aliphatic heterocycles. The number of rotatable bonds is 1. The minimum Gasteiger partial charge on any atom is -0.194 e. The highest BCUT2D eigenvalue weighted by Crippen LogP contribution is 2.25. The van der Waals surface area contributed by atoms with Gasteiger partial charge in [0.25, 0.3) is 5.01 Å². The molecule has 1 nitrogen and oxygen atoms in total. The van der Waals surface area contributed by atoms with Crippen LogP contribution in [0.3, 0.4) is 0 Å². The number of H-pyrrole nitrogens is 1. The molecule has 3 aromatic rings. The Morgan fingerprint density at radius 1 is 0.800 bits per heavy atom. The standard InChI is InChI=1S/C13H9NS/c1-2-6-10(7-3-1)13-14-11-8-4-5-9-12(11)15-13/h1-9H/p+1. The van der Waals surface area contributed by atoms with Crippen molar-refractivity contribution in [2.45, 2.75) is 0 Å². The van der Waals surface area contributed by atoms with Crippen LogP contribution in [0.5, 0.6) is 0 Å². The van der Waals surface area contributed by atoms with Gasteiger partial charge in [0.2, 0.25) is 5.52 Å². The fourth-order valence-corrected chi connectivity index (χ4v) is 2.65. The Morgan fingerprint density at radius 2 is 1.53 bits per heavy atom. The van der Waals surface area contributed by atoms with E-state index in [4.69, 9.17) is 0 Å². The third kappa shape index (κ3) is 1.53. The lowest BCUT2D eigenvalue weighted by Gasteiger charge is -1.87. The van der Waals surface area contributed by atoms with Crippen LogP contribution in [-0.2, 0) is 0 Å². The summed E-state index contributed by atoms with van der Waals surface area (Å²) in [4.78, 5) is 3.43. The molecule has 0 aliphatic carbocycles. The van der Waals surface area contributed by atoms with Crippen LogP contribution in [0, 0.1) is 0 Å². The molecule has 1 N–H and O–H groups in total. The van der Waals surface area contributed by atoms with E-state index in [-0.39, 0.29) is 0 Å². The maximum Gasteiger partial charge on any atom is 0.268 e. The van der Waals surface area contributed by atoms with E-state index in [1.54, 1.807) is 11.3 Å². The molecule has 0 aliphatic rings. The van der Waals surface area contributed by atoms with Crippen molar-refractivity contribution in [3.8, 4) is 10.6 Å². The first kappa shape index (κ1) is 8.62. The van der Waals surface area contributed by atoms with E-state index in [1.807, 2.05) is 6.07 Å². The zero-order valence-electron chi connectivity index (χ0n) is 8.10. The van der Waals surface area contributed by atoms with Crippen LogP contribution in [0.2, 0.25) is 0 Å². The fourth-order valence-electron chi connectivity index (χ4n) is 1.64. The predicted molar refractivity (Wildman–Crippen MR) is 63.8 cm³/mol. The highest BCUT2D eigenvalue weighted by molar-refractivity contribution is 7.21. The molecule has 15 heavy (non-hydrogen) atoms. The van der Waals surface area contributed by atoms with Crippen molar-refractivity contribution >= 4 is 21.6 Å². The van der Waals surface area contributed by atoms with E-state index in [0.717, 1.165) is 0 Å². The second kappa shape index (κ2) is 3.48. The smallest absolute Gasteiger partial charge is 0.194 e. The SMILES string of the molecule is c1ccc(-c2[nH+]c3ccccc3s2)cc1. The quantitative estimate of drug-likeness (QED) is 0.587. The number of thiazole rings is 1. The van der Waals surface area contributed by atoms with Gasteiger partial charge in [0, 0.05) is 6.07 Å². The number of nitrogens with one attached hydrogen (secondary N) is 1. The van der Waals surface area contributed by atoms with E-state index in [1.165, 1.54) is 20.8 Å². The normalized spacial score (nSPS) is 10.7. The van der Waals surface area contributed by atoms with E-state index >= 15 is 0 Å². The predicted octanol–water partition coefficient (Wildman–Crippen LogP) is 3.38. The fraction of sp³-hybridized carbons (Fsp3) is 0. The Hall–Kier alpha value is -1.67. The highest BCUT2D eigenvalue weighted by atomic mass is 32.1. The first-order valence-electron chi connectivity index (χ1n) is 4.90. The van der Waals surface area contributed by atoms with Crippen LogP contribution in [0.25, 0.3) is 20.8 Å². The van der Waals surface area contributed by atoms with E-state index in [9.17, 15) is 0 Å². The van der Waals surface area contributed by atoms with Gasteiger partial charge in [-0.15, -0.1) is 0 Å². The van der Waals surface area contributed by atoms with Gasteiger partial charge in [-0.25, -0.2) is 0 Å². The van der Waals surface area contributed by atoms with E-state index < -0.39 is 0 Å². The number of aromatic amines is 1. The second-order valence-corrected chi connectivity index (χ2v) is 4.47. The zero-order chi connectivity index (χ0) is 10.1. The molecule has 0 atom stereocenters. The number of hydrogen-bond donors (Lipinski definition) is 0. The summed E-state index contributed by atoms with van der Waals surface area (Å²) >= 11 is 1.79. The van der Waals surface area contributed by atoms with Gasteiger partial charge in [-0.3, -0.25) is 0 Å². The Labute approximate surface area is 92.0 Å². The summed E-state index contributed by atoms with van der Waals surface area (Å²) in [6, 6.07) is 18.8. The Balaban J connectivity index is 2.21. The second-order valence-electron chi connectivity index (χ2n) is 3.42. The number of fused-ring (bicyclic) bond motifs is 1. The average molecular weight is 212 g/mol. The molecule has 2 aromatic carbocycles. The van der Waals surface area contributed by atoms with Crippen LogP contribution in [0.1, 0.15) is 0 Å². The molecule has 1 heterocycles.